The maximum absolute atomic E-state index is 12.9. The molecule has 0 aliphatic carbocycles. The van der Waals surface area contributed by atoms with Gasteiger partial charge in [-0.05, 0) is 44.4 Å². The number of ketones is 1. The van der Waals surface area contributed by atoms with E-state index in [0.29, 0.717) is 18.5 Å². The number of Topliss-reactive ketones (excluding diaryl/α,β-unsaturated/α-hetero) is 1. The summed E-state index contributed by atoms with van der Waals surface area (Å²) in [4.78, 5) is 24.8. The number of rotatable bonds is 2. The van der Waals surface area contributed by atoms with Crippen molar-refractivity contribution >= 4 is 34.0 Å². The van der Waals surface area contributed by atoms with Crippen LogP contribution in [0.1, 0.15) is 41.6 Å². The van der Waals surface area contributed by atoms with Gasteiger partial charge in [-0.3, -0.25) is 9.78 Å². The van der Waals surface area contributed by atoms with Crippen molar-refractivity contribution < 1.29 is 4.79 Å². The first-order valence-corrected chi connectivity index (χ1v) is 11.0. The monoisotopic (exact) mass is 412 g/mol. The average molecular weight is 412 g/mol. The third-order valence-corrected chi connectivity index (χ3v) is 6.35. The molecule has 1 saturated heterocycles. The number of hydrogen-bond acceptors (Lipinski definition) is 6. The van der Waals surface area contributed by atoms with Crippen LogP contribution in [0.5, 0.6) is 0 Å². The molecule has 0 radical (unpaired) electrons. The first kappa shape index (κ1) is 18.3. The number of aryl methyl sites for hydroxylation is 1. The molecule has 0 unspecified atom stereocenters. The first-order valence-electron chi connectivity index (χ1n) is 11.0. The highest BCUT2D eigenvalue weighted by Crippen LogP contribution is 2.35. The van der Waals surface area contributed by atoms with Crippen LogP contribution in [0.4, 0.5) is 11.6 Å². The van der Waals surface area contributed by atoms with Gasteiger partial charge in [0.1, 0.15) is 17.2 Å². The van der Waals surface area contributed by atoms with Crippen LogP contribution in [0.2, 0.25) is 0 Å². The van der Waals surface area contributed by atoms with E-state index < -0.39 is 0 Å². The van der Waals surface area contributed by atoms with E-state index in [9.17, 15) is 4.79 Å². The largest absolute Gasteiger partial charge is 0.369 e. The Kier molecular flexibility index (Phi) is 4.16. The molecule has 0 bridgehead atoms. The van der Waals surface area contributed by atoms with E-state index in [-0.39, 0.29) is 5.78 Å². The number of pyridine rings is 1. The SMILES string of the molecule is Cc1ccc2ncc(-c3cnn4c5c(c(N6CCCCC6)nc34)C(=O)CCN5)cc2c1. The van der Waals surface area contributed by atoms with Crippen molar-refractivity contribution in [1.82, 2.24) is 19.6 Å². The lowest BCUT2D eigenvalue weighted by Crippen LogP contribution is -2.34. The average Bonchev–Trinajstić information content (AvgIpc) is 3.23. The summed E-state index contributed by atoms with van der Waals surface area (Å²) in [6.07, 6.45) is 7.69. The number of aromatic nitrogens is 4. The molecule has 5 heterocycles. The number of hydrogen-bond donors (Lipinski definition) is 1. The fourth-order valence-corrected chi connectivity index (χ4v) is 4.76. The molecule has 0 atom stereocenters. The van der Waals surface area contributed by atoms with Crippen molar-refractivity contribution in [1.29, 1.82) is 0 Å². The Morgan fingerprint density at radius 1 is 1.06 bits per heavy atom. The van der Waals surface area contributed by atoms with Crippen molar-refractivity contribution in [2.75, 3.05) is 29.9 Å². The smallest absolute Gasteiger partial charge is 0.172 e. The normalized spacial score (nSPS) is 16.5. The van der Waals surface area contributed by atoms with Gasteiger partial charge in [-0.2, -0.15) is 9.61 Å². The zero-order chi connectivity index (χ0) is 20.9. The summed E-state index contributed by atoms with van der Waals surface area (Å²) in [5.74, 6) is 1.70. The third-order valence-electron chi connectivity index (χ3n) is 6.35. The number of nitrogens with one attached hydrogen (secondary N) is 1. The molecule has 6 rings (SSSR count). The summed E-state index contributed by atoms with van der Waals surface area (Å²) in [6, 6.07) is 8.41. The molecule has 31 heavy (non-hydrogen) atoms. The van der Waals surface area contributed by atoms with Gasteiger partial charge >= 0.3 is 0 Å². The molecule has 156 valence electrons. The van der Waals surface area contributed by atoms with E-state index in [1.54, 1.807) is 4.52 Å². The fraction of sp³-hybridized carbons (Fsp3) is 0.333. The van der Waals surface area contributed by atoms with Crippen molar-refractivity contribution in [3.8, 4) is 11.1 Å². The van der Waals surface area contributed by atoms with Crippen molar-refractivity contribution in [3.05, 3.63) is 47.8 Å². The minimum atomic E-state index is 0.142. The van der Waals surface area contributed by atoms with E-state index in [1.807, 2.05) is 18.5 Å². The van der Waals surface area contributed by atoms with E-state index in [2.05, 4.69) is 45.4 Å². The predicted molar refractivity (Wildman–Crippen MR) is 122 cm³/mol. The van der Waals surface area contributed by atoms with Crippen molar-refractivity contribution in [2.45, 2.75) is 32.6 Å². The Balaban J connectivity index is 1.58. The van der Waals surface area contributed by atoms with Crippen LogP contribution in [0.3, 0.4) is 0 Å². The molecule has 0 amide bonds. The van der Waals surface area contributed by atoms with E-state index in [4.69, 9.17) is 4.98 Å². The highest BCUT2D eigenvalue weighted by molar-refractivity contribution is 6.07. The Bertz CT molecular complexity index is 1340. The van der Waals surface area contributed by atoms with Gasteiger partial charge in [-0.25, -0.2) is 4.98 Å². The predicted octanol–water partition coefficient (Wildman–Crippen LogP) is 4.24. The molecule has 0 spiro atoms. The lowest BCUT2D eigenvalue weighted by Gasteiger charge is -2.31. The number of benzene rings is 1. The van der Waals surface area contributed by atoms with Gasteiger partial charge < -0.3 is 10.2 Å². The lowest BCUT2D eigenvalue weighted by atomic mass is 10.0. The van der Waals surface area contributed by atoms with E-state index in [1.165, 1.54) is 12.0 Å². The highest BCUT2D eigenvalue weighted by atomic mass is 16.1. The molecule has 7 nitrogen and oxygen atoms in total. The molecular weight excluding hydrogens is 388 g/mol. The standard InChI is InChI=1S/C24H24N6O/c1-15-5-6-19-16(11-15)12-17(13-26-19)18-14-27-30-22(18)28-24(29-9-3-2-4-10-29)21-20(31)7-8-25-23(21)30/h5-6,11-14,25H,2-4,7-10H2,1H3. The molecule has 1 N–H and O–H groups in total. The molecule has 7 heteroatoms. The molecule has 1 aromatic carbocycles. The summed E-state index contributed by atoms with van der Waals surface area (Å²) < 4.78 is 1.79. The minimum Gasteiger partial charge on any atom is -0.369 e. The summed E-state index contributed by atoms with van der Waals surface area (Å²) in [6.45, 7) is 4.57. The quantitative estimate of drug-likeness (QED) is 0.531. The van der Waals surface area contributed by atoms with Gasteiger partial charge in [0.2, 0.25) is 0 Å². The second kappa shape index (κ2) is 7.04. The summed E-state index contributed by atoms with van der Waals surface area (Å²) in [5, 5.41) is 9.13. The second-order valence-electron chi connectivity index (χ2n) is 8.52. The number of piperidine rings is 1. The maximum Gasteiger partial charge on any atom is 0.172 e. The molecule has 3 aromatic heterocycles. The fourth-order valence-electron chi connectivity index (χ4n) is 4.76. The van der Waals surface area contributed by atoms with Gasteiger partial charge in [0.15, 0.2) is 11.4 Å². The van der Waals surface area contributed by atoms with E-state index in [0.717, 1.165) is 65.2 Å². The summed E-state index contributed by atoms with van der Waals surface area (Å²) in [7, 11) is 0. The Hall–Kier alpha value is -3.48. The van der Waals surface area contributed by atoms with Gasteiger partial charge in [0.25, 0.3) is 0 Å². The van der Waals surface area contributed by atoms with Crippen molar-refractivity contribution in [2.24, 2.45) is 0 Å². The molecular formula is C24H24N6O. The Morgan fingerprint density at radius 2 is 1.94 bits per heavy atom. The zero-order valence-corrected chi connectivity index (χ0v) is 17.6. The first-order chi connectivity index (χ1) is 15.2. The molecule has 2 aliphatic heterocycles. The zero-order valence-electron chi connectivity index (χ0n) is 17.6. The number of anilines is 2. The highest BCUT2D eigenvalue weighted by Gasteiger charge is 2.30. The van der Waals surface area contributed by atoms with Gasteiger partial charge in [-0.15, -0.1) is 0 Å². The minimum absolute atomic E-state index is 0.142. The molecule has 2 aliphatic rings. The van der Waals surface area contributed by atoms with E-state index >= 15 is 0 Å². The maximum atomic E-state index is 12.9. The van der Waals surface area contributed by atoms with Crippen LogP contribution < -0.4 is 10.2 Å². The van der Waals surface area contributed by atoms with Gasteiger partial charge in [0.05, 0.1) is 11.7 Å². The number of fused-ring (bicyclic) bond motifs is 4. The number of nitrogens with zero attached hydrogens (tertiary/aromatic N) is 5. The number of carbonyl (C=O) groups is 1. The van der Waals surface area contributed by atoms with Crippen LogP contribution in [0.15, 0.2) is 36.7 Å². The second-order valence-corrected chi connectivity index (χ2v) is 8.52. The van der Waals surface area contributed by atoms with Gasteiger partial charge in [0, 0.05) is 48.8 Å². The molecule has 1 fully saturated rings. The molecule has 4 aromatic rings. The Labute approximate surface area is 180 Å². The van der Waals surface area contributed by atoms with Crippen LogP contribution >= 0.6 is 0 Å². The van der Waals surface area contributed by atoms with Crippen molar-refractivity contribution in [3.63, 3.8) is 0 Å². The molecule has 0 saturated carbocycles. The van der Waals surface area contributed by atoms with Crippen LogP contribution in [0, 0.1) is 6.92 Å². The third kappa shape index (κ3) is 2.95. The van der Waals surface area contributed by atoms with Crippen LogP contribution in [0.25, 0.3) is 27.7 Å². The van der Waals surface area contributed by atoms with Gasteiger partial charge in [-0.1, -0.05) is 11.6 Å². The summed E-state index contributed by atoms with van der Waals surface area (Å²) in [5.41, 5.74) is 5.52. The summed E-state index contributed by atoms with van der Waals surface area (Å²) >= 11 is 0. The number of carbonyl (C=O) groups excluding carboxylic acids is 1. The van der Waals surface area contributed by atoms with Crippen LogP contribution in [-0.4, -0.2) is 45.0 Å². The topological polar surface area (TPSA) is 75.4 Å². The lowest BCUT2D eigenvalue weighted by molar-refractivity contribution is 0.0983. The Morgan fingerprint density at radius 3 is 2.81 bits per heavy atom. The van der Waals surface area contributed by atoms with Crippen LogP contribution in [-0.2, 0) is 0 Å².